The first-order valence-corrected chi connectivity index (χ1v) is 6.44. The molecule has 0 radical (unpaired) electrons. The van der Waals surface area contributed by atoms with Crippen molar-refractivity contribution in [3.8, 4) is 0 Å². The Balaban J connectivity index is 2.13. The fourth-order valence-electron chi connectivity index (χ4n) is 2.69. The summed E-state index contributed by atoms with van der Waals surface area (Å²) < 4.78 is 2.08. The normalized spacial score (nSPS) is 17.2. The number of imidazole rings is 1. The van der Waals surface area contributed by atoms with Gasteiger partial charge in [-0.3, -0.25) is 4.79 Å². The molecule has 0 aliphatic carbocycles. The maximum Gasteiger partial charge on any atom is 0.170 e. The van der Waals surface area contributed by atoms with E-state index in [0.717, 1.165) is 49.1 Å². The van der Waals surface area contributed by atoms with E-state index in [-0.39, 0.29) is 0 Å². The molecule has 0 aromatic carbocycles. The summed E-state index contributed by atoms with van der Waals surface area (Å²) in [4.78, 5) is 15.7. The molecule has 0 unspecified atom stereocenters. The van der Waals surface area contributed by atoms with E-state index in [9.17, 15) is 4.79 Å². The molecule has 4 heteroatoms. The molecular weight excluding hydrogens is 226 g/mol. The molecule has 1 saturated heterocycles. The highest BCUT2D eigenvalue weighted by atomic mass is 16.1. The van der Waals surface area contributed by atoms with Crippen LogP contribution in [0, 0.1) is 6.92 Å². The van der Waals surface area contributed by atoms with Crippen LogP contribution in [0.4, 0.5) is 0 Å². The summed E-state index contributed by atoms with van der Waals surface area (Å²) in [6.45, 7) is 4.09. The van der Waals surface area contributed by atoms with Crippen molar-refractivity contribution in [2.24, 2.45) is 0 Å². The molecule has 1 N–H and O–H groups in total. The van der Waals surface area contributed by atoms with Gasteiger partial charge in [0.25, 0.3) is 0 Å². The first-order chi connectivity index (χ1) is 8.79. The predicted octanol–water partition coefficient (Wildman–Crippen LogP) is 1.92. The number of nitrogens with zero attached hydrogens (tertiary/aromatic N) is 2. The van der Waals surface area contributed by atoms with E-state index in [1.54, 1.807) is 0 Å². The average Bonchev–Trinajstić information content (AvgIpc) is 2.77. The number of aryl methyl sites for hydroxylation is 1. The Bertz CT molecular complexity index is 582. The number of hydrogen-bond acceptors (Lipinski definition) is 3. The predicted molar refractivity (Wildman–Crippen MR) is 70.2 cm³/mol. The molecule has 0 spiro atoms. The molecule has 3 heterocycles. The summed E-state index contributed by atoms with van der Waals surface area (Å²) in [5.41, 5.74) is 2.65. The minimum atomic E-state index is 0.454. The summed E-state index contributed by atoms with van der Waals surface area (Å²) in [6.07, 6.45) is 5.07. The second kappa shape index (κ2) is 4.53. The van der Waals surface area contributed by atoms with E-state index in [2.05, 4.69) is 20.8 Å². The van der Waals surface area contributed by atoms with E-state index in [1.807, 2.05) is 19.2 Å². The number of aldehydes is 1. The summed E-state index contributed by atoms with van der Waals surface area (Å²) in [5, 5.41) is 3.36. The number of fused-ring (bicyclic) bond motifs is 1. The van der Waals surface area contributed by atoms with Crippen LogP contribution in [0.2, 0.25) is 0 Å². The molecule has 2 aromatic heterocycles. The van der Waals surface area contributed by atoms with E-state index >= 15 is 0 Å². The highest BCUT2D eigenvalue weighted by Gasteiger charge is 2.21. The van der Waals surface area contributed by atoms with Crippen molar-refractivity contribution in [2.75, 3.05) is 13.1 Å². The molecule has 2 aromatic rings. The number of piperidine rings is 1. The molecule has 18 heavy (non-hydrogen) atoms. The Morgan fingerprint density at radius 2 is 2.22 bits per heavy atom. The van der Waals surface area contributed by atoms with Gasteiger partial charge in [-0.15, -0.1) is 0 Å². The zero-order valence-corrected chi connectivity index (χ0v) is 10.5. The van der Waals surface area contributed by atoms with Gasteiger partial charge in [0.2, 0.25) is 0 Å². The fourth-order valence-corrected chi connectivity index (χ4v) is 2.69. The average molecular weight is 243 g/mol. The summed E-state index contributed by atoms with van der Waals surface area (Å²) in [6, 6.07) is 4.09. The minimum absolute atomic E-state index is 0.454. The monoisotopic (exact) mass is 243 g/mol. The third-order valence-corrected chi connectivity index (χ3v) is 3.67. The van der Waals surface area contributed by atoms with Crippen LogP contribution in [-0.2, 0) is 0 Å². The van der Waals surface area contributed by atoms with Gasteiger partial charge in [-0.25, -0.2) is 4.98 Å². The molecule has 0 bridgehead atoms. The fraction of sp³-hybridized carbons (Fsp3) is 0.429. The lowest BCUT2D eigenvalue weighted by Gasteiger charge is -2.21. The van der Waals surface area contributed by atoms with Gasteiger partial charge < -0.3 is 9.72 Å². The van der Waals surface area contributed by atoms with Crippen LogP contribution in [0.1, 0.15) is 40.6 Å². The number of carbonyl (C=O) groups is 1. The van der Waals surface area contributed by atoms with Gasteiger partial charge >= 0.3 is 0 Å². The van der Waals surface area contributed by atoms with Crippen LogP contribution in [-0.4, -0.2) is 28.8 Å². The van der Waals surface area contributed by atoms with E-state index in [1.165, 1.54) is 0 Å². The van der Waals surface area contributed by atoms with Gasteiger partial charge in [0.1, 0.15) is 11.5 Å². The van der Waals surface area contributed by atoms with Gasteiger partial charge in [0, 0.05) is 12.1 Å². The van der Waals surface area contributed by atoms with Gasteiger partial charge in [-0.2, -0.15) is 0 Å². The highest BCUT2D eigenvalue weighted by Crippen LogP contribution is 2.26. The van der Waals surface area contributed by atoms with E-state index in [4.69, 9.17) is 0 Å². The molecular formula is C14H17N3O. The number of nitrogens with one attached hydrogen (secondary N) is 1. The third-order valence-electron chi connectivity index (χ3n) is 3.67. The first kappa shape index (κ1) is 11.4. The number of hydrogen-bond donors (Lipinski definition) is 1. The summed E-state index contributed by atoms with van der Waals surface area (Å²) in [7, 11) is 0. The van der Waals surface area contributed by atoms with Crippen molar-refractivity contribution in [3.63, 3.8) is 0 Å². The number of pyridine rings is 1. The SMILES string of the molecule is Cc1ccn2c(C3CCNCC3)nc(C=O)c2c1. The molecule has 4 nitrogen and oxygen atoms in total. The molecule has 94 valence electrons. The highest BCUT2D eigenvalue weighted by molar-refractivity contribution is 5.84. The van der Waals surface area contributed by atoms with Crippen molar-refractivity contribution < 1.29 is 4.79 Å². The van der Waals surface area contributed by atoms with Crippen LogP contribution >= 0.6 is 0 Å². The Labute approximate surface area is 106 Å². The van der Waals surface area contributed by atoms with Crippen LogP contribution in [0.25, 0.3) is 5.52 Å². The van der Waals surface area contributed by atoms with Crippen LogP contribution < -0.4 is 5.32 Å². The van der Waals surface area contributed by atoms with Crippen molar-refractivity contribution in [3.05, 3.63) is 35.4 Å². The van der Waals surface area contributed by atoms with Crippen LogP contribution in [0.5, 0.6) is 0 Å². The molecule has 3 rings (SSSR count). The second-order valence-corrected chi connectivity index (χ2v) is 4.96. The molecule has 0 atom stereocenters. The Kier molecular flexibility index (Phi) is 2.88. The maximum atomic E-state index is 11.1. The van der Waals surface area contributed by atoms with E-state index < -0.39 is 0 Å². The van der Waals surface area contributed by atoms with Gasteiger partial charge in [0.15, 0.2) is 6.29 Å². The third kappa shape index (κ3) is 1.82. The molecule has 0 saturated carbocycles. The standard InChI is InChI=1S/C14H17N3O/c1-10-4-7-17-13(8-10)12(9-18)16-14(17)11-2-5-15-6-3-11/h4,7-9,11,15H,2-3,5-6H2,1H3. The van der Waals surface area contributed by atoms with Crippen molar-refractivity contribution in [2.45, 2.75) is 25.7 Å². The molecule has 1 fully saturated rings. The minimum Gasteiger partial charge on any atom is -0.317 e. The van der Waals surface area contributed by atoms with Gasteiger partial charge in [-0.1, -0.05) is 0 Å². The Morgan fingerprint density at radius 3 is 2.94 bits per heavy atom. The lowest BCUT2D eigenvalue weighted by molar-refractivity contribution is 0.112. The van der Waals surface area contributed by atoms with Crippen molar-refractivity contribution in [1.82, 2.24) is 14.7 Å². The smallest absolute Gasteiger partial charge is 0.170 e. The van der Waals surface area contributed by atoms with Crippen LogP contribution in [0.15, 0.2) is 18.3 Å². The topological polar surface area (TPSA) is 46.4 Å². The Morgan fingerprint density at radius 1 is 1.44 bits per heavy atom. The Hall–Kier alpha value is -1.68. The lowest BCUT2D eigenvalue weighted by Crippen LogP contribution is -2.27. The van der Waals surface area contributed by atoms with Crippen molar-refractivity contribution in [1.29, 1.82) is 0 Å². The van der Waals surface area contributed by atoms with E-state index in [0.29, 0.717) is 11.6 Å². The summed E-state index contributed by atoms with van der Waals surface area (Å²) in [5.74, 6) is 1.49. The number of rotatable bonds is 2. The molecule has 1 aliphatic rings. The zero-order chi connectivity index (χ0) is 12.5. The quantitative estimate of drug-likeness (QED) is 0.820. The van der Waals surface area contributed by atoms with Crippen molar-refractivity contribution >= 4 is 11.8 Å². The van der Waals surface area contributed by atoms with Gasteiger partial charge in [-0.05, 0) is 50.6 Å². The number of carbonyl (C=O) groups excluding carboxylic acids is 1. The van der Waals surface area contributed by atoms with Crippen LogP contribution in [0.3, 0.4) is 0 Å². The zero-order valence-electron chi connectivity index (χ0n) is 10.5. The van der Waals surface area contributed by atoms with Gasteiger partial charge in [0.05, 0.1) is 5.52 Å². The summed E-state index contributed by atoms with van der Waals surface area (Å²) >= 11 is 0. The second-order valence-electron chi connectivity index (χ2n) is 4.96. The maximum absolute atomic E-state index is 11.1. The lowest BCUT2D eigenvalue weighted by atomic mass is 9.97. The largest absolute Gasteiger partial charge is 0.317 e. The first-order valence-electron chi connectivity index (χ1n) is 6.44. The molecule has 0 amide bonds. The molecule has 1 aliphatic heterocycles. The number of aromatic nitrogens is 2.